The highest BCUT2D eigenvalue weighted by Crippen LogP contribution is 2.34. The Hall–Kier alpha value is -2.42. The van der Waals surface area contributed by atoms with Gasteiger partial charge in [-0.3, -0.25) is 9.59 Å². The number of hydrogen-bond acceptors (Lipinski definition) is 3. The van der Waals surface area contributed by atoms with Crippen LogP contribution in [0.1, 0.15) is 27.0 Å². The van der Waals surface area contributed by atoms with E-state index < -0.39 is 11.6 Å². The summed E-state index contributed by atoms with van der Waals surface area (Å²) in [5, 5.41) is 11.4. The first kappa shape index (κ1) is 11.7. The predicted molar refractivity (Wildman–Crippen MR) is 73.5 cm³/mol. The van der Waals surface area contributed by atoms with Crippen molar-refractivity contribution in [1.29, 1.82) is 0 Å². The number of phenols is 1. The van der Waals surface area contributed by atoms with E-state index in [4.69, 9.17) is 0 Å². The van der Waals surface area contributed by atoms with Crippen molar-refractivity contribution < 1.29 is 14.7 Å². The number of carbonyl (C=O) groups is 2. The fourth-order valence-electron chi connectivity index (χ4n) is 2.70. The van der Waals surface area contributed by atoms with Crippen LogP contribution >= 0.6 is 0 Å². The Morgan fingerprint density at radius 3 is 2.42 bits per heavy atom. The third-order valence-corrected chi connectivity index (χ3v) is 3.71. The molecule has 0 saturated carbocycles. The molecule has 0 bridgehead atoms. The van der Waals surface area contributed by atoms with Crippen molar-refractivity contribution in [3.63, 3.8) is 0 Å². The van der Waals surface area contributed by atoms with E-state index in [-0.39, 0.29) is 5.75 Å². The average Bonchev–Trinajstić information content (AvgIpc) is 2.39. The number of aryl methyl sites for hydroxylation is 2. The zero-order valence-corrected chi connectivity index (χ0v) is 10.7. The first-order valence-electron chi connectivity index (χ1n) is 6.03. The molecule has 0 amide bonds. The molecule has 0 fully saturated rings. The second-order valence-electron chi connectivity index (χ2n) is 4.80. The number of ketones is 2. The molecule has 1 aliphatic carbocycles. The number of hydrogen-bond donors (Lipinski definition) is 1. The highest BCUT2D eigenvalue weighted by Gasteiger charge is 2.26. The van der Waals surface area contributed by atoms with Crippen LogP contribution in [0.4, 0.5) is 0 Å². The van der Waals surface area contributed by atoms with Crippen molar-refractivity contribution in [2.75, 3.05) is 0 Å². The van der Waals surface area contributed by atoms with Gasteiger partial charge >= 0.3 is 0 Å². The Bertz CT molecular complexity index is 782. The lowest BCUT2D eigenvalue weighted by Gasteiger charge is -2.18. The van der Waals surface area contributed by atoms with Gasteiger partial charge in [-0.1, -0.05) is 6.07 Å². The van der Waals surface area contributed by atoms with E-state index in [9.17, 15) is 14.7 Å². The smallest absolute Gasteiger partial charge is 0.233 e. The van der Waals surface area contributed by atoms with E-state index in [2.05, 4.69) is 0 Å². The minimum absolute atomic E-state index is 0.192. The number of allylic oxidation sites excluding steroid dienone is 1. The molecular formula is C16H12O3. The largest absolute Gasteiger partial charge is 0.508 e. The van der Waals surface area contributed by atoms with Crippen molar-refractivity contribution in [3.8, 4) is 5.75 Å². The van der Waals surface area contributed by atoms with Crippen LogP contribution in [-0.4, -0.2) is 16.7 Å². The number of fused-ring (bicyclic) bond motifs is 2. The van der Waals surface area contributed by atoms with Crippen LogP contribution in [0.3, 0.4) is 0 Å². The predicted octanol–water partition coefficient (Wildman–Crippen LogP) is 2.94. The van der Waals surface area contributed by atoms with E-state index in [1.165, 1.54) is 6.08 Å². The van der Waals surface area contributed by atoms with E-state index in [1.54, 1.807) is 24.3 Å². The van der Waals surface area contributed by atoms with Gasteiger partial charge in [0.15, 0.2) is 0 Å². The van der Waals surface area contributed by atoms with E-state index in [0.29, 0.717) is 5.56 Å². The molecule has 94 valence electrons. The van der Waals surface area contributed by atoms with Crippen molar-refractivity contribution in [3.05, 3.63) is 46.5 Å². The van der Waals surface area contributed by atoms with Gasteiger partial charge in [-0.15, -0.1) is 0 Å². The number of rotatable bonds is 0. The summed E-state index contributed by atoms with van der Waals surface area (Å²) in [5.41, 5.74) is 2.96. The lowest BCUT2D eigenvalue weighted by molar-refractivity contribution is -0.110. The Morgan fingerprint density at radius 2 is 1.68 bits per heavy atom. The van der Waals surface area contributed by atoms with Crippen LogP contribution in [-0.2, 0) is 4.79 Å². The monoisotopic (exact) mass is 252 g/mol. The van der Waals surface area contributed by atoms with Crippen LogP contribution in [0.5, 0.6) is 5.75 Å². The van der Waals surface area contributed by atoms with Gasteiger partial charge in [-0.25, -0.2) is 0 Å². The molecular weight excluding hydrogens is 240 g/mol. The second kappa shape index (κ2) is 3.79. The van der Waals surface area contributed by atoms with E-state index >= 15 is 0 Å². The van der Waals surface area contributed by atoms with Crippen LogP contribution < -0.4 is 0 Å². The van der Waals surface area contributed by atoms with E-state index in [1.807, 2.05) is 13.8 Å². The summed E-state index contributed by atoms with van der Waals surface area (Å²) in [6.07, 6.45) is 3.00. The molecule has 2 aromatic rings. The number of benzene rings is 2. The van der Waals surface area contributed by atoms with Crippen LogP contribution in [0.2, 0.25) is 0 Å². The number of phenolic OH excluding ortho intramolecular Hbond substituents is 1. The average molecular weight is 252 g/mol. The molecule has 1 N–H and O–H groups in total. The van der Waals surface area contributed by atoms with Gasteiger partial charge in [-0.2, -0.15) is 0 Å². The molecule has 0 radical (unpaired) electrons. The molecule has 3 rings (SSSR count). The maximum atomic E-state index is 12.1. The first-order valence-corrected chi connectivity index (χ1v) is 6.03. The zero-order chi connectivity index (χ0) is 13.7. The fourth-order valence-corrected chi connectivity index (χ4v) is 2.70. The van der Waals surface area contributed by atoms with Gasteiger partial charge in [-0.05, 0) is 65.6 Å². The summed E-state index contributed by atoms with van der Waals surface area (Å²) in [6.45, 7) is 3.73. The van der Waals surface area contributed by atoms with Gasteiger partial charge in [0.2, 0.25) is 11.6 Å². The highest BCUT2D eigenvalue weighted by molar-refractivity contribution is 6.50. The summed E-state index contributed by atoms with van der Waals surface area (Å²) in [4.78, 5) is 23.6. The van der Waals surface area contributed by atoms with Crippen LogP contribution in [0, 0.1) is 13.8 Å². The van der Waals surface area contributed by atoms with Gasteiger partial charge in [0.05, 0.1) is 0 Å². The first-order chi connectivity index (χ1) is 9.00. The number of carbonyl (C=O) groups excluding carboxylic acids is 2. The SMILES string of the molecule is Cc1c2c(c(C)c3ccc(O)cc13)C(=O)C(=O)C=C2. The fraction of sp³-hybridized carbons (Fsp3) is 0.125. The highest BCUT2D eigenvalue weighted by atomic mass is 16.3. The molecule has 0 heterocycles. The van der Waals surface area contributed by atoms with Gasteiger partial charge in [0, 0.05) is 5.56 Å². The van der Waals surface area contributed by atoms with Crippen molar-refractivity contribution in [2.24, 2.45) is 0 Å². The summed E-state index contributed by atoms with van der Waals surface area (Å²) < 4.78 is 0. The van der Waals surface area contributed by atoms with Gasteiger partial charge < -0.3 is 5.11 Å². The lowest BCUT2D eigenvalue weighted by atomic mass is 9.84. The number of aromatic hydroxyl groups is 1. The molecule has 0 unspecified atom stereocenters. The molecule has 0 aliphatic heterocycles. The third kappa shape index (κ3) is 1.51. The molecule has 0 spiro atoms. The molecule has 0 atom stereocenters. The molecule has 0 aromatic heterocycles. The lowest BCUT2D eigenvalue weighted by Crippen LogP contribution is -2.18. The van der Waals surface area contributed by atoms with Gasteiger partial charge in [0.25, 0.3) is 0 Å². The molecule has 19 heavy (non-hydrogen) atoms. The summed E-state index contributed by atoms with van der Waals surface area (Å²) in [5.74, 6) is -0.738. The Balaban J connectivity index is 2.52. The molecule has 3 heteroatoms. The summed E-state index contributed by atoms with van der Waals surface area (Å²) in [6, 6.07) is 5.06. The maximum Gasteiger partial charge on any atom is 0.233 e. The third-order valence-electron chi connectivity index (χ3n) is 3.71. The number of Topliss-reactive ketones (excluding diaryl/α,β-unsaturated/α-hetero) is 1. The minimum atomic E-state index is -0.479. The van der Waals surface area contributed by atoms with Crippen molar-refractivity contribution in [1.82, 2.24) is 0 Å². The Labute approximate surface area is 110 Å². The summed E-state index contributed by atoms with van der Waals surface area (Å²) in [7, 11) is 0. The molecule has 2 aromatic carbocycles. The molecule has 3 nitrogen and oxygen atoms in total. The summed E-state index contributed by atoms with van der Waals surface area (Å²) >= 11 is 0. The van der Waals surface area contributed by atoms with Crippen LogP contribution in [0.25, 0.3) is 16.8 Å². The Kier molecular flexibility index (Phi) is 2.32. The second-order valence-corrected chi connectivity index (χ2v) is 4.80. The standard InChI is InChI=1S/C16H12O3/c1-8-12-5-6-14(18)16(19)15(12)9(2)11-4-3-10(17)7-13(8)11/h3-7,17H,1-2H3. The van der Waals surface area contributed by atoms with Crippen molar-refractivity contribution in [2.45, 2.75) is 13.8 Å². The topological polar surface area (TPSA) is 54.4 Å². The molecule has 0 saturated heterocycles. The molecule has 1 aliphatic rings. The quantitative estimate of drug-likeness (QED) is 0.733. The minimum Gasteiger partial charge on any atom is -0.508 e. The normalized spacial score (nSPS) is 14.0. The van der Waals surface area contributed by atoms with Gasteiger partial charge in [0.1, 0.15) is 5.75 Å². The van der Waals surface area contributed by atoms with E-state index in [0.717, 1.165) is 27.5 Å². The maximum absolute atomic E-state index is 12.1. The van der Waals surface area contributed by atoms with Crippen molar-refractivity contribution >= 4 is 28.4 Å². The zero-order valence-electron chi connectivity index (χ0n) is 10.7. The van der Waals surface area contributed by atoms with Crippen LogP contribution in [0.15, 0.2) is 24.3 Å². The Morgan fingerprint density at radius 1 is 0.947 bits per heavy atom.